The van der Waals surface area contributed by atoms with Crippen LogP contribution in [0.5, 0.6) is 0 Å². The molecule has 0 heterocycles. The highest BCUT2D eigenvalue weighted by molar-refractivity contribution is 4.76. The summed E-state index contributed by atoms with van der Waals surface area (Å²) in [5.41, 5.74) is 0. The van der Waals surface area contributed by atoms with E-state index in [2.05, 4.69) is 47.0 Å². The lowest BCUT2D eigenvalue weighted by atomic mass is 9.78. The number of hydrogen-bond acceptors (Lipinski definition) is 1. The molecule has 0 aliphatic carbocycles. The molecule has 0 fully saturated rings. The van der Waals surface area contributed by atoms with Gasteiger partial charge < -0.3 is 5.32 Å². The molecule has 0 spiro atoms. The first-order valence-electron chi connectivity index (χ1n) is 5.75. The van der Waals surface area contributed by atoms with Gasteiger partial charge in [0.1, 0.15) is 0 Å². The van der Waals surface area contributed by atoms with Crippen LogP contribution >= 0.6 is 0 Å². The Morgan fingerprint density at radius 2 is 1.38 bits per heavy atom. The molecular formula is C12H27N. The molecule has 0 saturated carbocycles. The Kier molecular flexibility index (Phi) is 6.40. The highest BCUT2D eigenvalue weighted by atomic mass is 14.9. The Morgan fingerprint density at radius 3 is 1.69 bits per heavy atom. The average Bonchev–Trinajstić information content (AvgIpc) is 2.17. The van der Waals surface area contributed by atoms with Crippen LogP contribution in [0.2, 0.25) is 0 Å². The average molecular weight is 185 g/mol. The van der Waals surface area contributed by atoms with Crippen molar-refractivity contribution < 1.29 is 0 Å². The van der Waals surface area contributed by atoms with Crippen molar-refractivity contribution in [2.45, 2.75) is 53.5 Å². The van der Waals surface area contributed by atoms with E-state index in [1.807, 2.05) is 0 Å². The Bertz CT molecular complexity index is 118. The van der Waals surface area contributed by atoms with Gasteiger partial charge >= 0.3 is 0 Å². The summed E-state index contributed by atoms with van der Waals surface area (Å²) in [5, 5.41) is 3.35. The highest BCUT2D eigenvalue weighted by Gasteiger charge is 2.23. The van der Waals surface area contributed by atoms with Gasteiger partial charge in [-0.25, -0.2) is 0 Å². The molecule has 3 unspecified atom stereocenters. The van der Waals surface area contributed by atoms with Crippen LogP contribution in [0.4, 0.5) is 0 Å². The molecule has 0 aliphatic rings. The zero-order valence-electron chi connectivity index (χ0n) is 10.2. The van der Waals surface area contributed by atoms with Crippen LogP contribution in [0, 0.1) is 17.8 Å². The number of hydrogen-bond donors (Lipinski definition) is 1. The minimum Gasteiger partial charge on any atom is -0.317 e. The van der Waals surface area contributed by atoms with Crippen LogP contribution < -0.4 is 5.32 Å². The van der Waals surface area contributed by atoms with Gasteiger partial charge in [-0.2, -0.15) is 0 Å². The summed E-state index contributed by atoms with van der Waals surface area (Å²) in [6.45, 7) is 11.7. The van der Waals surface area contributed by atoms with Gasteiger partial charge in [0.05, 0.1) is 0 Å². The fourth-order valence-corrected chi connectivity index (χ4v) is 2.18. The summed E-state index contributed by atoms with van der Waals surface area (Å²) < 4.78 is 0. The molecule has 0 radical (unpaired) electrons. The van der Waals surface area contributed by atoms with Crippen molar-refractivity contribution in [3.05, 3.63) is 0 Å². The van der Waals surface area contributed by atoms with Gasteiger partial charge in [0, 0.05) is 6.04 Å². The summed E-state index contributed by atoms with van der Waals surface area (Å²) in [7, 11) is 2.06. The first-order chi connectivity index (χ1) is 6.08. The molecule has 0 aliphatic heterocycles. The first-order valence-corrected chi connectivity index (χ1v) is 5.75. The Balaban J connectivity index is 4.13. The Hall–Kier alpha value is -0.0400. The third kappa shape index (κ3) is 3.68. The van der Waals surface area contributed by atoms with E-state index >= 15 is 0 Å². The van der Waals surface area contributed by atoms with E-state index < -0.39 is 0 Å². The van der Waals surface area contributed by atoms with Gasteiger partial charge in [-0.1, -0.05) is 40.5 Å². The smallest absolute Gasteiger partial charge is 0.00640 e. The maximum absolute atomic E-state index is 3.35. The van der Waals surface area contributed by atoms with Gasteiger partial charge in [-0.15, -0.1) is 0 Å². The lowest BCUT2D eigenvalue weighted by Gasteiger charge is -2.31. The van der Waals surface area contributed by atoms with Crippen LogP contribution in [0.3, 0.4) is 0 Å². The predicted molar refractivity (Wildman–Crippen MR) is 60.9 cm³/mol. The molecule has 13 heavy (non-hydrogen) atoms. The van der Waals surface area contributed by atoms with Crippen molar-refractivity contribution in [2.24, 2.45) is 17.8 Å². The van der Waals surface area contributed by atoms with Crippen molar-refractivity contribution >= 4 is 0 Å². The molecule has 0 aromatic carbocycles. The maximum Gasteiger partial charge on any atom is 0.00640 e. The van der Waals surface area contributed by atoms with Crippen LogP contribution in [-0.4, -0.2) is 13.1 Å². The van der Waals surface area contributed by atoms with Crippen LogP contribution in [0.25, 0.3) is 0 Å². The van der Waals surface area contributed by atoms with Crippen LogP contribution in [0.15, 0.2) is 0 Å². The molecular weight excluding hydrogens is 158 g/mol. The van der Waals surface area contributed by atoms with E-state index in [0.717, 1.165) is 17.8 Å². The van der Waals surface area contributed by atoms with Gasteiger partial charge in [0.25, 0.3) is 0 Å². The van der Waals surface area contributed by atoms with Gasteiger partial charge in [-0.05, 0) is 31.7 Å². The van der Waals surface area contributed by atoms with Gasteiger partial charge in [-0.3, -0.25) is 0 Å². The molecule has 80 valence electrons. The Labute approximate surface area is 84.3 Å². The SMILES string of the molecule is CCC(CC)C(C)C(C)C(C)NC. The maximum atomic E-state index is 3.35. The fraction of sp³-hybridized carbons (Fsp3) is 1.00. The predicted octanol–water partition coefficient (Wildman–Crippen LogP) is 3.30. The van der Waals surface area contributed by atoms with Crippen molar-refractivity contribution in [1.82, 2.24) is 5.32 Å². The Morgan fingerprint density at radius 1 is 0.923 bits per heavy atom. The molecule has 0 aromatic heterocycles. The molecule has 1 heteroatoms. The molecule has 1 N–H and O–H groups in total. The van der Waals surface area contributed by atoms with E-state index in [1.54, 1.807) is 0 Å². The lowest BCUT2D eigenvalue weighted by molar-refractivity contribution is 0.212. The summed E-state index contributed by atoms with van der Waals surface area (Å²) in [4.78, 5) is 0. The normalized spacial score (nSPS) is 18.7. The minimum atomic E-state index is 0.635. The summed E-state index contributed by atoms with van der Waals surface area (Å²) in [5.74, 6) is 2.50. The highest BCUT2D eigenvalue weighted by Crippen LogP contribution is 2.27. The topological polar surface area (TPSA) is 12.0 Å². The van der Waals surface area contributed by atoms with E-state index in [1.165, 1.54) is 12.8 Å². The van der Waals surface area contributed by atoms with Crippen molar-refractivity contribution in [3.63, 3.8) is 0 Å². The minimum absolute atomic E-state index is 0.635. The van der Waals surface area contributed by atoms with Crippen LogP contribution in [0.1, 0.15) is 47.5 Å². The zero-order valence-corrected chi connectivity index (χ0v) is 10.2. The quantitative estimate of drug-likeness (QED) is 0.669. The van der Waals surface area contributed by atoms with Crippen molar-refractivity contribution in [3.8, 4) is 0 Å². The second-order valence-corrected chi connectivity index (χ2v) is 4.37. The van der Waals surface area contributed by atoms with E-state index in [0.29, 0.717) is 6.04 Å². The van der Waals surface area contributed by atoms with Crippen molar-refractivity contribution in [1.29, 1.82) is 0 Å². The lowest BCUT2D eigenvalue weighted by Crippen LogP contribution is -2.35. The summed E-state index contributed by atoms with van der Waals surface area (Å²) in [6, 6.07) is 0.635. The van der Waals surface area contributed by atoms with Gasteiger partial charge in [0.15, 0.2) is 0 Å². The zero-order chi connectivity index (χ0) is 10.4. The number of rotatable bonds is 6. The summed E-state index contributed by atoms with van der Waals surface area (Å²) in [6.07, 6.45) is 2.64. The first kappa shape index (κ1) is 13.0. The fourth-order valence-electron chi connectivity index (χ4n) is 2.18. The van der Waals surface area contributed by atoms with E-state index in [-0.39, 0.29) is 0 Å². The third-order valence-corrected chi connectivity index (χ3v) is 3.87. The second kappa shape index (κ2) is 6.42. The molecule has 3 atom stereocenters. The van der Waals surface area contributed by atoms with Crippen LogP contribution in [-0.2, 0) is 0 Å². The third-order valence-electron chi connectivity index (χ3n) is 3.87. The molecule has 0 amide bonds. The largest absolute Gasteiger partial charge is 0.317 e. The molecule has 0 bridgehead atoms. The second-order valence-electron chi connectivity index (χ2n) is 4.37. The molecule has 0 saturated heterocycles. The van der Waals surface area contributed by atoms with Crippen molar-refractivity contribution in [2.75, 3.05) is 7.05 Å². The standard InChI is InChI=1S/C12H27N/c1-7-12(8-2)10(4)9(3)11(5)13-6/h9-13H,7-8H2,1-6H3. The number of nitrogens with one attached hydrogen (secondary N) is 1. The molecule has 1 nitrogen and oxygen atoms in total. The molecule has 0 aromatic rings. The van der Waals surface area contributed by atoms with E-state index in [4.69, 9.17) is 0 Å². The summed E-state index contributed by atoms with van der Waals surface area (Å²) >= 11 is 0. The molecule has 0 rings (SSSR count). The monoisotopic (exact) mass is 185 g/mol. The van der Waals surface area contributed by atoms with Gasteiger partial charge in [0.2, 0.25) is 0 Å². The van der Waals surface area contributed by atoms with E-state index in [9.17, 15) is 0 Å².